The minimum absolute atomic E-state index is 0.0174. The van der Waals surface area contributed by atoms with Crippen molar-refractivity contribution in [3.63, 3.8) is 0 Å². The number of rotatable bonds is 6. The van der Waals surface area contributed by atoms with Gasteiger partial charge in [-0.1, -0.05) is 6.92 Å². The van der Waals surface area contributed by atoms with E-state index in [0.717, 1.165) is 12.8 Å². The number of carbonyl (C=O) groups excluding carboxylic acids is 1. The van der Waals surface area contributed by atoms with Crippen molar-refractivity contribution >= 4 is 5.91 Å². The van der Waals surface area contributed by atoms with Crippen molar-refractivity contribution in [3.8, 4) is 0 Å². The van der Waals surface area contributed by atoms with Gasteiger partial charge in [0.25, 0.3) is 0 Å². The van der Waals surface area contributed by atoms with Crippen molar-refractivity contribution in [2.24, 2.45) is 17.1 Å². The molecule has 1 amide bonds. The van der Waals surface area contributed by atoms with Crippen molar-refractivity contribution in [1.29, 1.82) is 0 Å². The van der Waals surface area contributed by atoms with Crippen LogP contribution in [0.1, 0.15) is 19.8 Å². The first-order valence-corrected chi connectivity index (χ1v) is 5.81. The molecule has 0 spiro atoms. The van der Waals surface area contributed by atoms with Crippen LogP contribution in [0.15, 0.2) is 0 Å². The lowest BCUT2D eigenvalue weighted by atomic mass is 9.62. The largest absolute Gasteiger partial charge is 0.395 e. The zero-order valence-corrected chi connectivity index (χ0v) is 9.85. The normalized spacial score (nSPS) is 28.6. The molecule has 4 N–H and O–H groups in total. The molecule has 0 aliphatic heterocycles. The fraction of sp³-hybridized carbons (Fsp3) is 0.909. The van der Waals surface area contributed by atoms with Gasteiger partial charge in [-0.25, -0.2) is 0 Å². The van der Waals surface area contributed by atoms with Gasteiger partial charge in [-0.05, 0) is 18.8 Å². The quantitative estimate of drug-likeness (QED) is 0.556. The second-order valence-corrected chi connectivity index (χ2v) is 4.74. The highest BCUT2D eigenvalue weighted by atomic mass is 16.3. The van der Waals surface area contributed by atoms with Crippen LogP contribution in [0.5, 0.6) is 0 Å². The number of aliphatic hydroxyl groups excluding tert-OH is 2. The fourth-order valence-corrected chi connectivity index (χ4v) is 2.59. The predicted octanol–water partition coefficient (Wildman–Crippen LogP) is -0.825. The third-order valence-corrected chi connectivity index (χ3v) is 3.35. The molecule has 16 heavy (non-hydrogen) atoms. The Balaban J connectivity index is 2.65. The Bertz CT molecular complexity index is 233. The smallest absolute Gasteiger partial charge is 0.230 e. The van der Waals surface area contributed by atoms with E-state index in [-0.39, 0.29) is 32.2 Å². The van der Waals surface area contributed by atoms with E-state index in [4.69, 9.17) is 15.9 Å². The van der Waals surface area contributed by atoms with Crippen molar-refractivity contribution < 1.29 is 15.0 Å². The molecule has 0 atom stereocenters. The molecule has 0 heterocycles. The van der Waals surface area contributed by atoms with Crippen LogP contribution in [0, 0.1) is 11.3 Å². The number of aliphatic hydroxyl groups is 2. The Morgan fingerprint density at radius 2 is 1.88 bits per heavy atom. The summed E-state index contributed by atoms with van der Waals surface area (Å²) < 4.78 is 0. The Morgan fingerprint density at radius 3 is 2.19 bits per heavy atom. The van der Waals surface area contributed by atoms with E-state index in [1.54, 1.807) is 0 Å². The molecule has 94 valence electrons. The topological polar surface area (TPSA) is 86.8 Å². The van der Waals surface area contributed by atoms with Gasteiger partial charge in [0, 0.05) is 19.6 Å². The number of amides is 1. The summed E-state index contributed by atoms with van der Waals surface area (Å²) in [5.74, 6) is 0.522. The second-order valence-electron chi connectivity index (χ2n) is 4.74. The molecular formula is C11H22N2O3. The molecule has 0 saturated heterocycles. The summed E-state index contributed by atoms with van der Waals surface area (Å²) in [5.41, 5.74) is 5.25. The van der Waals surface area contributed by atoms with E-state index in [2.05, 4.69) is 6.92 Å². The molecule has 5 heteroatoms. The Morgan fingerprint density at radius 1 is 1.38 bits per heavy atom. The SMILES string of the molecule is CC1CC(CN)(C(=O)N(CCO)CCO)C1. The van der Waals surface area contributed by atoms with Gasteiger partial charge in [-0.15, -0.1) is 0 Å². The van der Waals surface area contributed by atoms with E-state index >= 15 is 0 Å². The maximum Gasteiger partial charge on any atom is 0.230 e. The molecule has 1 aliphatic rings. The van der Waals surface area contributed by atoms with Gasteiger partial charge in [0.1, 0.15) is 0 Å². The lowest BCUT2D eigenvalue weighted by molar-refractivity contribution is -0.150. The van der Waals surface area contributed by atoms with Gasteiger partial charge in [0.15, 0.2) is 0 Å². The van der Waals surface area contributed by atoms with Crippen LogP contribution in [0.25, 0.3) is 0 Å². The molecule has 0 unspecified atom stereocenters. The summed E-state index contributed by atoms with van der Waals surface area (Å²) in [6, 6.07) is 0. The highest BCUT2D eigenvalue weighted by molar-refractivity contribution is 5.84. The van der Waals surface area contributed by atoms with Crippen LogP contribution in [-0.2, 0) is 4.79 Å². The predicted molar refractivity (Wildman–Crippen MR) is 60.6 cm³/mol. The maximum absolute atomic E-state index is 12.2. The van der Waals surface area contributed by atoms with E-state index < -0.39 is 5.41 Å². The van der Waals surface area contributed by atoms with Crippen LogP contribution < -0.4 is 5.73 Å². The Hall–Kier alpha value is -0.650. The van der Waals surface area contributed by atoms with Gasteiger partial charge in [-0.2, -0.15) is 0 Å². The molecule has 1 saturated carbocycles. The van der Waals surface area contributed by atoms with Crippen LogP contribution in [0.4, 0.5) is 0 Å². The maximum atomic E-state index is 12.2. The third-order valence-electron chi connectivity index (χ3n) is 3.35. The first kappa shape index (κ1) is 13.4. The first-order valence-electron chi connectivity index (χ1n) is 5.81. The monoisotopic (exact) mass is 230 g/mol. The number of carbonyl (C=O) groups is 1. The zero-order valence-electron chi connectivity index (χ0n) is 9.85. The zero-order chi connectivity index (χ0) is 12.2. The number of nitrogens with zero attached hydrogens (tertiary/aromatic N) is 1. The molecule has 0 aromatic carbocycles. The standard InChI is InChI=1S/C11H22N2O3/c1-9-6-11(7-9,8-12)10(16)13(2-4-14)3-5-15/h9,14-15H,2-8,12H2,1H3. The molecule has 5 nitrogen and oxygen atoms in total. The van der Waals surface area contributed by atoms with Gasteiger partial charge in [0.05, 0.1) is 18.6 Å². The molecule has 0 aromatic rings. The molecule has 1 fully saturated rings. The van der Waals surface area contributed by atoms with Gasteiger partial charge < -0.3 is 20.8 Å². The number of hydrogen-bond donors (Lipinski definition) is 3. The molecule has 1 aliphatic carbocycles. The minimum Gasteiger partial charge on any atom is -0.395 e. The fourth-order valence-electron chi connectivity index (χ4n) is 2.59. The highest BCUT2D eigenvalue weighted by Gasteiger charge is 2.48. The van der Waals surface area contributed by atoms with E-state index in [1.807, 2.05) is 0 Å². The molecule has 0 radical (unpaired) electrons. The van der Waals surface area contributed by atoms with E-state index in [1.165, 1.54) is 4.90 Å². The minimum atomic E-state index is -0.441. The summed E-state index contributed by atoms with van der Waals surface area (Å²) in [6.45, 7) is 2.84. The molecular weight excluding hydrogens is 208 g/mol. The van der Waals surface area contributed by atoms with Gasteiger partial charge in [-0.3, -0.25) is 4.79 Å². The molecule has 0 bridgehead atoms. The second kappa shape index (κ2) is 5.61. The highest BCUT2D eigenvalue weighted by Crippen LogP contribution is 2.45. The number of nitrogens with two attached hydrogens (primary N) is 1. The van der Waals surface area contributed by atoms with Crippen LogP contribution in [-0.4, -0.2) is 53.9 Å². The summed E-state index contributed by atoms with van der Waals surface area (Å²) in [6.07, 6.45) is 1.63. The molecule has 1 rings (SSSR count). The van der Waals surface area contributed by atoms with Crippen LogP contribution in [0.3, 0.4) is 0 Å². The first-order chi connectivity index (χ1) is 7.59. The van der Waals surface area contributed by atoms with E-state index in [9.17, 15) is 4.79 Å². The van der Waals surface area contributed by atoms with Gasteiger partial charge in [0.2, 0.25) is 5.91 Å². The summed E-state index contributed by atoms with van der Waals surface area (Å²) >= 11 is 0. The van der Waals surface area contributed by atoms with Crippen molar-refractivity contribution in [2.75, 3.05) is 32.8 Å². The van der Waals surface area contributed by atoms with Crippen molar-refractivity contribution in [1.82, 2.24) is 4.90 Å². The van der Waals surface area contributed by atoms with Crippen LogP contribution >= 0.6 is 0 Å². The Labute approximate surface area is 96.2 Å². The average Bonchev–Trinajstić information content (AvgIpc) is 2.23. The van der Waals surface area contributed by atoms with Crippen LogP contribution in [0.2, 0.25) is 0 Å². The summed E-state index contributed by atoms with van der Waals surface area (Å²) in [5, 5.41) is 17.8. The third kappa shape index (κ3) is 2.53. The summed E-state index contributed by atoms with van der Waals surface area (Å²) in [4.78, 5) is 13.7. The summed E-state index contributed by atoms with van der Waals surface area (Å²) in [7, 11) is 0. The van der Waals surface area contributed by atoms with E-state index in [0.29, 0.717) is 12.5 Å². The van der Waals surface area contributed by atoms with Crippen molar-refractivity contribution in [3.05, 3.63) is 0 Å². The lowest BCUT2D eigenvalue weighted by Crippen LogP contribution is -2.55. The Kier molecular flexibility index (Phi) is 4.70. The molecule has 0 aromatic heterocycles. The number of hydrogen-bond acceptors (Lipinski definition) is 4. The van der Waals surface area contributed by atoms with Gasteiger partial charge >= 0.3 is 0 Å². The lowest BCUT2D eigenvalue weighted by Gasteiger charge is -2.46. The average molecular weight is 230 g/mol. The van der Waals surface area contributed by atoms with Crippen molar-refractivity contribution in [2.45, 2.75) is 19.8 Å².